The number of rotatable bonds is 4. The SMILES string of the molecule is O=[N+]([O-])C[C@H](c1cccc(Br)c1)c1ccc[nH]1. The van der Waals surface area contributed by atoms with E-state index in [0.29, 0.717) is 0 Å². The molecule has 0 spiro atoms. The lowest BCUT2D eigenvalue weighted by atomic mass is 9.96. The second-order valence-electron chi connectivity index (χ2n) is 3.75. The van der Waals surface area contributed by atoms with Crippen molar-refractivity contribution in [2.45, 2.75) is 5.92 Å². The predicted molar refractivity (Wildman–Crippen MR) is 68.6 cm³/mol. The molecule has 0 aliphatic rings. The summed E-state index contributed by atoms with van der Waals surface area (Å²) in [5.41, 5.74) is 1.79. The summed E-state index contributed by atoms with van der Waals surface area (Å²) in [6, 6.07) is 11.3. The monoisotopic (exact) mass is 294 g/mol. The highest BCUT2D eigenvalue weighted by molar-refractivity contribution is 9.10. The Hall–Kier alpha value is -1.62. The van der Waals surface area contributed by atoms with E-state index in [4.69, 9.17) is 0 Å². The number of aromatic amines is 1. The molecule has 1 aromatic heterocycles. The number of nitro groups is 1. The lowest BCUT2D eigenvalue weighted by Gasteiger charge is -2.12. The van der Waals surface area contributed by atoms with Crippen molar-refractivity contribution < 1.29 is 4.92 Å². The molecule has 5 heteroatoms. The maximum Gasteiger partial charge on any atom is 0.216 e. The summed E-state index contributed by atoms with van der Waals surface area (Å²) in [6.07, 6.45) is 1.78. The minimum Gasteiger partial charge on any atom is -0.364 e. The summed E-state index contributed by atoms with van der Waals surface area (Å²) in [7, 11) is 0. The summed E-state index contributed by atoms with van der Waals surface area (Å²) in [5, 5.41) is 10.7. The third kappa shape index (κ3) is 2.94. The van der Waals surface area contributed by atoms with Crippen molar-refractivity contribution in [1.82, 2.24) is 4.98 Å². The van der Waals surface area contributed by atoms with E-state index in [1.54, 1.807) is 6.20 Å². The molecule has 1 heterocycles. The normalized spacial score (nSPS) is 12.3. The van der Waals surface area contributed by atoms with Gasteiger partial charge in [0.25, 0.3) is 0 Å². The van der Waals surface area contributed by atoms with Gasteiger partial charge in [-0.1, -0.05) is 28.1 Å². The molecule has 88 valence electrons. The summed E-state index contributed by atoms with van der Waals surface area (Å²) >= 11 is 3.38. The topological polar surface area (TPSA) is 58.9 Å². The first-order valence-corrected chi connectivity index (χ1v) is 5.96. The van der Waals surface area contributed by atoms with Crippen molar-refractivity contribution in [1.29, 1.82) is 0 Å². The van der Waals surface area contributed by atoms with Crippen LogP contribution < -0.4 is 0 Å². The van der Waals surface area contributed by atoms with E-state index in [9.17, 15) is 10.1 Å². The van der Waals surface area contributed by atoms with Gasteiger partial charge in [-0.25, -0.2) is 0 Å². The molecule has 0 fully saturated rings. The van der Waals surface area contributed by atoms with Crippen LogP contribution in [0.15, 0.2) is 47.1 Å². The molecule has 1 N–H and O–H groups in total. The van der Waals surface area contributed by atoms with Gasteiger partial charge in [-0.05, 0) is 29.8 Å². The Morgan fingerprint density at radius 3 is 2.76 bits per heavy atom. The second-order valence-corrected chi connectivity index (χ2v) is 4.66. The number of H-pyrrole nitrogens is 1. The first kappa shape index (κ1) is 11.9. The molecule has 0 bridgehead atoms. The largest absolute Gasteiger partial charge is 0.364 e. The van der Waals surface area contributed by atoms with Crippen molar-refractivity contribution in [2.24, 2.45) is 0 Å². The standard InChI is InChI=1S/C12H11BrN2O2/c13-10-4-1-3-9(7-10)11(8-15(16)17)12-5-2-6-14-12/h1-7,11,14H,8H2/t11-/m1/s1. The van der Waals surface area contributed by atoms with Gasteiger partial charge in [-0.2, -0.15) is 0 Å². The molecule has 0 unspecified atom stereocenters. The highest BCUT2D eigenvalue weighted by atomic mass is 79.9. The van der Waals surface area contributed by atoms with Crippen molar-refractivity contribution in [3.05, 3.63) is 68.4 Å². The molecule has 0 aliphatic carbocycles. The first-order valence-electron chi connectivity index (χ1n) is 5.17. The van der Waals surface area contributed by atoms with Crippen LogP contribution in [0.2, 0.25) is 0 Å². The van der Waals surface area contributed by atoms with E-state index in [0.717, 1.165) is 15.7 Å². The molecule has 0 amide bonds. The van der Waals surface area contributed by atoms with Gasteiger partial charge in [0.05, 0.1) is 5.92 Å². The smallest absolute Gasteiger partial charge is 0.216 e. The van der Waals surface area contributed by atoms with Gasteiger partial charge in [-0.15, -0.1) is 0 Å². The van der Waals surface area contributed by atoms with Gasteiger partial charge in [0.1, 0.15) is 0 Å². The van der Waals surface area contributed by atoms with E-state index >= 15 is 0 Å². The van der Waals surface area contributed by atoms with Crippen molar-refractivity contribution in [3.8, 4) is 0 Å². The van der Waals surface area contributed by atoms with Crippen molar-refractivity contribution >= 4 is 15.9 Å². The fraction of sp³-hybridized carbons (Fsp3) is 0.167. The molecule has 0 saturated heterocycles. The third-order valence-electron chi connectivity index (χ3n) is 2.58. The average molecular weight is 295 g/mol. The van der Waals surface area contributed by atoms with Crippen LogP contribution in [0.5, 0.6) is 0 Å². The minimum absolute atomic E-state index is 0.114. The minimum atomic E-state index is -0.285. The van der Waals surface area contributed by atoms with E-state index < -0.39 is 0 Å². The Kier molecular flexibility index (Phi) is 3.58. The molecular weight excluding hydrogens is 284 g/mol. The predicted octanol–water partition coefficient (Wildman–Crippen LogP) is 3.19. The number of halogens is 1. The van der Waals surface area contributed by atoms with Gasteiger partial charge in [0.15, 0.2) is 0 Å². The third-order valence-corrected chi connectivity index (χ3v) is 3.07. The molecule has 4 nitrogen and oxygen atoms in total. The molecule has 0 aliphatic heterocycles. The van der Waals surface area contributed by atoms with E-state index in [2.05, 4.69) is 20.9 Å². The summed E-state index contributed by atoms with van der Waals surface area (Å²) in [5.74, 6) is -0.238. The molecule has 1 atom stereocenters. The van der Waals surface area contributed by atoms with E-state index in [1.165, 1.54) is 0 Å². The van der Waals surface area contributed by atoms with Crippen LogP contribution >= 0.6 is 15.9 Å². The zero-order valence-electron chi connectivity index (χ0n) is 8.97. The molecule has 0 saturated carbocycles. The molecule has 2 rings (SSSR count). The van der Waals surface area contributed by atoms with E-state index in [-0.39, 0.29) is 17.4 Å². The van der Waals surface area contributed by atoms with Crippen molar-refractivity contribution in [2.75, 3.05) is 6.54 Å². The van der Waals surface area contributed by atoms with Crippen LogP contribution in [0.4, 0.5) is 0 Å². The molecule has 1 aromatic carbocycles. The highest BCUT2D eigenvalue weighted by Crippen LogP contribution is 2.25. The lowest BCUT2D eigenvalue weighted by Crippen LogP contribution is -2.14. The summed E-state index contributed by atoms with van der Waals surface area (Å²) in [6.45, 7) is -0.114. The van der Waals surface area contributed by atoms with Gasteiger partial charge in [-0.3, -0.25) is 10.1 Å². The molecule has 0 radical (unpaired) electrons. The van der Waals surface area contributed by atoms with Crippen LogP contribution in [0.25, 0.3) is 0 Å². The van der Waals surface area contributed by atoms with Crippen molar-refractivity contribution in [3.63, 3.8) is 0 Å². The lowest BCUT2D eigenvalue weighted by molar-refractivity contribution is -0.481. The van der Waals surface area contributed by atoms with Crippen LogP contribution in [0, 0.1) is 10.1 Å². The first-order chi connectivity index (χ1) is 8.16. The number of nitrogens with zero attached hydrogens (tertiary/aromatic N) is 1. The van der Waals surface area contributed by atoms with Crippen LogP contribution in [0.3, 0.4) is 0 Å². The highest BCUT2D eigenvalue weighted by Gasteiger charge is 2.20. The van der Waals surface area contributed by atoms with Crippen LogP contribution in [-0.4, -0.2) is 16.5 Å². The maximum absolute atomic E-state index is 10.7. The molecule has 17 heavy (non-hydrogen) atoms. The van der Waals surface area contributed by atoms with Gasteiger partial charge < -0.3 is 4.98 Å². The van der Waals surface area contributed by atoms with Crippen LogP contribution in [0.1, 0.15) is 17.2 Å². The summed E-state index contributed by atoms with van der Waals surface area (Å²) in [4.78, 5) is 13.5. The Bertz CT molecular complexity index is 511. The van der Waals surface area contributed by atoms with Crippen LogP contribution in [-0.2, 0) is 0 Å². The number of hydrogen-bond acceptors (Lipinski definition) is 2. The van der Waals surface area contributed by atoms with Gasteiger partial charge in [0.2, 0.25) is 6.54 Å². The second kappa shape index (κ2) is 5.14. The number of hydrogen-bond donors (Lipinski definition) is 1. The Labute approximate surface area is 107 Å². The fourth-order valence-corrected chi connectivity index (χ4v) is 2.23. The summed E-state index contributed by atoms with van der Waals surface area (Å²) < 4.78 is 0.926. The van der Waals surface area contributed by atoms with E-state index in [1.807, 2.05) is 36.4 Å². The molecular formula is C12H11BrN2O2. The van der Waals surface area contributed by atoms with Gasteiger partial charge >= 0.3 is 0 Å². The number of aromatic nitrogens is 1. The Morgan fingerprint density at radius 1 is 1.35 bits per heavy atom. The average Bonchev–Trinajstić information content (AvgIpc) is 2.79. The zero-order valence-corrected chi connectivity index (χ0v) is 10.6. The Balaban J connectivity index is 2.36. The Morgan fingerprint density at radius 2 is 2.18 bits per heavy atom. The zero-order chi connectivity index (χ0) is 12.3. The quantitative estimate of drug-likeness (QED) is 0.695. The molecule has 2 aromatic rings. The fourth-order valence-electron chi connectivity index (χ4n) is 1.82. The van der Waals surface area contributed by atoms with Gasteiger partial charge in [0, 0.05) is 21.3 Å². The maximum atomic E-state index is 10.7. The number of benzene rings is 1. The number of nitrogens with one attached hydrogen (secondary N) is 1.